The van der Waals surface area contributed by atoms with Gasteiger partial charge in [-0.25, -0.2) is 4.79 Å². The van der Waals surface area contributed by atoms with Gasteiger partial charge >= 0.3 is 5.97 Å². The number of hydrogen-bond acceptors (Lipinski definition) is 4. The molecule has 0 saturated heterocycles. The van der Waals surface area contributed by atoms with E-state index in [0.29, 0.717) is 11.3 Å². The van der Waals surface area contributed by atoms with Crippen molar-refractivity contribution in [2.75, 3.05) is 13.7 Å². The molecule has 0 saturated carbocycles. The lowest BCUT2D eigenvalue weighted by atomic mass is 9.77. The Kier molecular flexibility index (Phi) is 5.77. The highest BCUT2D eigenvalue weighted by Crippen LogP contribution is 2.39. The lowest BCUT2D eigenvalue weighted by Gasteiger charge is -2.33. The summed E-state index contributed by atoms with van der Waals surface area (Å²) < 4.78 is 10.3. The predicted octanol–water partition coefficient (Wildman–Crippen LogP) is 3.42. The largest absolute Gasteiger partial charge is 0.497 e. The van der Waals surface area contributed by atoms with Crippen LogP contribution in [0.1, 0.15) is 24.0 Å². The minimum absolute atomic E-state index is 0.177. The molecule has 0 aliphatic carbocycles. The summed E-state index contributed by atoms with van der Waals surface area (Å²) in [6.45, 7) is 5.70. The fourth-order valence-electron chi connectivity index (χ4n) is 2.72. The Hall–Kier alpha value is -2.59. The van der Waals surface area contributed by atoms with Crippen molar-refractivity contribution in [2.24, 2.45) is 0 Å². The Bertz CT molecular complexity index is 679. The van der Waals surface area contributed by atoms with Gasteiger partial charge in [0.05, 0.1) is 13.7 Å². The molecule has 4 nitrogen and oxygen atoms in total. The molecule has 2 aromatic carbocycles. The van der Waals surface area contributed by atoms with E-state index < -0.39 is 17.5 Å². The molecule has 24 heavy (non-hydrogen) atoms. The Morgan fingerprint density at radius 2 is 1.83 bits per heavy atom. The quantitative estimate of drug-likeness (QED) is 0.626. The molecule has 0 aromatic heterocycles. The predicted molar refractivity (Wildman–Crippen MR) is 92.9 cm³/mol. The van der Waals surface area contributed by atoms with Crippen LogP contribution in [-0.2, 0) is 15.1 Å². The van der Waals surface area contributed by atoms with Gasteiger partial charge in [-0.15, -0.1) is 6.58 Å². The third-order valence-electron chi connectivity index (χ3n) is 3.96. The second-order valence-corrected chi connectivity index (χ2v) is 5.34. The summed E-state index contributed by atoms with van der Waals surface area (Å²) in [5, 5.41) is 11.4. The van der Waals surface area contributed by atoms with Crippen LogP contribution in [0.2, 0.25) is 0 Å². The van der Waals surface area contributed by atoms with E-state index in [1.54, 1.807) is 44.4 Å². The van der Waals surface area contributed by atoms with Gasteiger partial charge in [0.15, 0.2) is 5.60 Å². The number of aliphatic hydroxyl groups is 1. The fraction of sp³-hybridized carbons (Fsp3) is 0.250. The molecule has 0 aliphatic heterocycles. The van der Waals surface area contributed by atoms with Crippen molar-refractivity contribution in [1.82, 2.24) is 0 Å². The average molecular weight is 326 g/mol. The maximum atomic E-state index is 12.6. The summed E-state index contributed by atoms with van der Waals surface area (Å²) in [6.07, 6.45) is 1.57. The van der Waals surface area contributed by atoms with Gasteiger partial charge in [-0.1, -0.05) is 48.5 Å². The van der Waals surface area contributed by atoms with Gasteiger partial charge in [0.1, 0.15) is 5.75 Å². The molecule has 2 rings (SSSR count). The van der Waals surface area contributed by atoms with Crippen LogP contribution in [-0.4, -0.2) is 24.8 Å². The van der Waals surface area contributed by atoms with Crippen LogP contribution >= 0.6 is 0 Å². The van der Waals surface area contributed by atoms with Crippen LogP contribution in [0.3, 0.4) is 0 Å². The van der Waals surface area contributed by atoms with Gasteiger partial charge in [-0.2, -0.15) is 0 Å². The lowest BCUT2D eigenvalue weighted by molar-refractivity contribution is -0.168. The third-order valence-corrected chi connectivity index (χ3v) is 3.96. The number of carbonyl (C=O) groups is 1. The van der Waals surface area contributed by atoms with E-state index in [1.807, 2.05) is 30.3 Å². The van der Waals surface area contributed by atoms with Crippen molar-refractivity contribution in [3.05, 3.63) is 78.4 Å². The second kappa shape index (κ2) is 7.79. The fourth-order valence-corrected chi connectivity index (χ4v) is 2.72. The van der Waals surface area contributed by atoms with Gasteiger partial charge in [0.2, 0.25) is 0 Å². The summed E-state index contributed by atoms with van der Waals surface area (Å²) in [6, 6.07) is 16.0. The topological polar surface area (TPSA) is 55.8 Å². The molecule has 2 aromatic rings. The van der Waals surface area contributed by atoms with Gasteiger partial charge in [0.25, 0.3) is 0 Å². The van der Waals surface area contributed by atoms with Gasteiger partial charge in [-0.05, 0) is 30.2 Å². The molecule has 0 unspecified atom stereocenters. The van der Waals surface area contributed by atoms with Crippen molar-refractivity contribution in [3.8, 4) is 5.75 Å². The van der Waals surface area contributed by atoms with E-state index in [-0.39, 0.29) is 6.61 Å². The summed E-state index contributed by atoms with van der Waals surface area (Å²) in [4.78, 5) is 12.6. The van der Waals surface area contributed by atoms with Crippen LogP contribution in [0, 0.1) is 0 Å². The van der Waals surface area contributed by atoms with Crippen molar-refractivity contribution >= 4 is 5.97 Å². The normalized spacial score (nSPS) is 14.3. The highest BCUT2D eigenvalue weighted by molar-refractivity contribution is 5.83. The van der Waals surface area contributed by atoms with E-state index in [1.165, 1.54) is 0 Å². The summed E-state index contributed by atoms with van der Waals surface area (Å²) in [5.41, 5.74) is -0.667. The van der Waals surface area contributed by atoms with Gasteiger partial charge < -0.3 is 14.6 Å². The Labute approximate surface area is 142 Å². The number of benzene rings is 2. The molecular weight excluding hydrogens is 304 g/mol. The highest BCUT2D eigenvalue weighted by atomic mass is 16.5. The molecule has 0 radical (unpaired) electrons. The standard InChI is InChI=1S/C20H22O4/c1-4-18(15-9-7-6-8-10-15)20(22,19(21)24-5-2)16-11-13-17(23-3)14-12-16/h4,6-14,18,22H,1,5H2,2-3H3/t18-,20+/m0/s1. The molecule has 0 spiro atoms. The number of carbonyl (C=O) groups excluding carboxylic acids is 1. The summed E-state index contributed by atoms with van der Waals surface area (Å²) in [7, 11) is 1.56. The second-order valence-electron chi connectivity index (χ2n) is 5.34. The molecule has 0 amide bonds. The van der Waals surface area contributed by atoms with Crippen molar-refractivity contribution in [3.63, 3.8) is 0 Å². The molecule has 126 valence electrons. The maximum Gasteiger partial charge on any atom is 0.343 e. The zero-order valence-electron chi connectivity index (χ0n) is 13.9. The third kappa shape index (κ3) is 3.34. The van der Waals surface area contributed by atoms with E-state index in [9.17, 15) is 9.90 Å². The molecule has 4 heteroatoms. The first-order valence-corrected chi connectivity index (χ1v) is 7.79. The SMILES string of the molecule is C=C[C@@H](c1ccccc1)[C@@](O)(C(=O)OCC)c1ccc(OC)cc1. The number of hydrogen-bond donors (Lipinski definition) is 1. The molecular formula is C20H22O4. The number of esters is 1. The van der Waals surface area contributed by atoms with Crippen LogP contribution < -0.4 is 4.74 Å². The first kappa shape index (κ1) is 17.8. The van der Waals surface area contributed by atoms with Crippen LogP contribution in [0.25, 0.3) is 0 Å². The first-order valence-electron chi connectivity index (χ1n) is 7.79. The maximum absolute atomic E-state index is 12.6. The monoisotopic (exact) mass is 326 g/mol. The molecule has 0 heterocycles. The van der Waals surface area contributed by atoms with E-state index >= 15 is 0 Å². The number of ether oxygens (including phenoxy) is 2. The van der Waals surface area contributed by atoms with Crippen LogP contribution in [0.4, 0.5) is 0 Å². The zero-order chi connectivity index (χ0) is 17.6. The molecule has 0 fully saturated rings. The van der Waals surface area contributed by atoms with Crippen molar-refractivity contribution in [1.29, 1.82) is 0 Å². The average Bonchev–Trinajstić information content (AvgIpc) is 2.63. The van der Waals surface area contributed by atoms with Gasteiger partial charge in [0, 0.05) is 5.92 Å². The minimum atomic E-state index is -1.87. The molecule has 0 aliphatic rings. The van der Waals surface area contributed by atoms with Crippen LogP contribution in [0.5, 0.6) is 5.75 Å². The molecule has 2 atom stereocenters. The Morgan fingerprint density at radius 1 is 1.21 bits per heavy atom. The smallest absolute Gasteiger partial charge is 0.343 e. The Morgan fingerprint density at radius 3 is 2.33 bits per heavy atom. The zero-order valence-corrected chi connectivity index (χ0v) is 13.9. The Balaban J connectivity index is 2.56. The molecule has 1 N–H and O–H groups in total. The minimum Gasteiger partial charge on any atom is -0.497 e. The number of methoxy groups -OCH3 is 1. The molecule has 0 bridgehead atoms. The van der Waals surface area contributed by atoms with Gasteiger partial charge in [-0.3, -0.25) is 0 Å². The van der Waals surface area contributed by atoms with Crippen LogP contribution in [0.15, 0.2) is 67.3 Å². The van der Waals surface area contributed by atoms with E-state index in [4.69, 9.17) is 9.47 Å². The first-order chi connectivity index (χ1) is 11.6. The van der Waals surface area contributed by atoms with E-state index in [2.05, 4.69) is 6.58 Å². The summed E-state index contributed by atoms with van der Waals surface area (Å²) >= 11 is 0. The van der Waals surface area contributed by atoms with Crippen molar-refractivity contribution in [2.45, 2.75) is 18.4 Å². The van der Waals surface area contributed by atoms with E-state index in [0.717, 1.165) is 5.56 Å². The lowest BCUT2D eigenvalue weighted by Crippen LogP contribution is -2.42. The number of rotatable bonds is 7. The summed E-state index contributed by atoms with van der Waals surface area (Å²) in [5.74, 6) is -0.713. The highest BCUT2D eigenvalue weighted by Gasteiger charge is 2.46. The van der Waals surface area contributed by atoms with Crippen molar-refractivity contribution < 1.29 is 19.4 Å².